The van der Waals surface area contributed by atoms with Crippen molar-refractivity contribution in [3.8, 4) is 5.69 Å². The monoisotopic (exact) mass is 426 g/mol. The highest BCUT2D eigenvalue weighted by Gasteiger charge is 2.27. The minimum absolute atomic E-state index is 0.115. The van der Waals surface area contributed by atoms with Crippen molar-refractivity contribution in [2.75, 3.05) is 31.7 Å². The normalized spacial score (nSPS) is 15.1. The topological polar surface area (TPSA) is 80.5 Å². The Balaban J connectivity index is 1.95. The molecule has 3 aromatic rings. The smallest absolute Gasteiger partial charge is 0.356 e. The lowest BCUT2D eigenvalue weighted by Gasteiger charge is -2.33. The number of methoxy groups -OCH3 is 1. The number of benzene rings is 1. The van der Waals surface area contributed by atoms with Gasteiger partial charge >= 0.3 is 5.97 Å². The van der Waals surface area contributed by atoms with Crippen LogP contribution >= 0.6 is 0 Å². The van der Waals surface area contributed by atoms with Gasteiger partial charge in [0.1, 0.15) is 5.82 Å². The molecule has 3 heterocycles. The number of carbonyl (C=O) groups excluding carboxylic acids is 1. The number of nitrogens with zero attached hydrogens (tertiary/aromatic N) is 4. The standard InChI is InChI=1S/C23H27FN4O3/c1-14(2)21-20-19(27-10-8-15(13-29)9-11-27)12-18(23(30)31-3)25-22(20)28(26-21)17-6-4-16(24)5-7-17/h4-7,12,14-15,29H,8-11,13H2,1-3H3. The molecule has 0 bridgehead atoms. The van der Waals surface area contributed by atoms with Crippen LogP contribution in [-0.2, 0) is 4.74 Å². The van der Waals surface area contributed by atoms with Gasteiger partial charge in [-0.25, -0.2) is 18.9 Å². The number of carbonyl (C=O) groups is 1. The van der Waals surface area contributed by atoms with E-state index in [9.17, 15) is 14.3 Å². The van der Waals surface area contributed by atoms with Gasteiger partial charge in [0, 0.05) is 19.7 Å². The number of pyridine rings is 1. The second-order valence-electron chi connectivity index (χ2n) is 8.26. The summed E-state index contributed by atoms with van der Waals surface area (Å²) in [6.45, 7) is 5.85. The molecular weight excluding hydrogens is 399 g/mol. The Bertz CT molecular complexity index is 1090. The van der Waals surface area contributed by atoms with E-state index in [1.54, 1.807) is 22.9 Å². The van der Waals surface area contributed by atoms with E-state index < -0.39 is 5.97 Å². The van der Waals surface area contributed by atoms with Gasteiger partial charge < -0.3 is 14.7 Å². The second kappa shape index (κ2) is 8.63. The fourth-order valence-corrected chi connectivity index (χ4v) is 4.10. The minimum atomic E-state index is -0.522. The summed E-state index contributed by atoms with van der Waals surface area (Å²) >= 11 is 0. The number of aliphatic hydroxyl groups is 1. The molecule has 2 aromatic heterocycles. The van der Waals surface area contributed by atoms with Gasteiger partial charge in [-0.3, -0.25) is 0 Å². The number of rotatable bonds is 5. The number of fused-ring (bicyclic) bond motifs is 1. The lowest BCUT2D eigenvalue weighted by Crippen LogP contribution is -2.35. The number of halogens is 1. The summed E-state index contributed by atoms with van der Waals surface area (Å²) in [5, 5.41) is 15.2. The number of piperidine rings is 1. The van der Waals surface area contributed by atoms with Crippen LogP contribution in [0, 0.1) is 11.7 Å². The average molecular weight is 426 g/mol. The number of hydrogen-bond acceptors (Lipinski definition) is 6. The van der Waals surface area contributed by atoms with Gasteiger partial charge in [-0.2, -0.15) is 5.10 Å². The second-order valence-corrected chi connectivity index (χ2v) is 8.26. The van der Waals surface area contributed by atoms with Crippen molar-refractivity contribution in [1.29, 1.82) is 0 Å². The van der Waals surface area contributed by atoms with Crippen LogP contribution in [0.2, 0.25) is 0 Å². The fourth-order valence-electron chi connectivity index (χ4n) is 4.10. The summed E-state index contributed by atoms with van der Waals surface area (Å²) in [5.41, 5.74) is 3.16. The third-order valence-corrected chi connectivity index (χ3v) is 5.87. The molecule has 0 atom stereocenters. The Morgan fingerprint density at radius 3 is 2.52 bits per heavy atom. The maximum atomic E-state index is 13.5. The summed E-state index contributed by atoms with van der Waals surface area (Å²) in [6.07, 6.45) is 1.74. The number of anilines is 1. The van der Waals surface area contributed by atoms with Gasteiger partial charge in [0.15, 0.2) is 11.3 Å². The zero-order chi connectivity index (χ0) is 22.1. The molecule has 1 saturated heterocycles. The maximum Gasteiger partial charge on any atom is 0.356 e. The number of ether oxygens (including phenoxy) is 1. The summed E-state index contributed by atoms with van der Waals surface area (Å²) in [7, 11) is 1.33. The van der Waals surface area contributed by atoms with Crippen molar-refractivity contribution in [2.24, 2.45) is 5.92 Å². The third kappa shape index (κ3) is 3.99. The highest BCUT2D eigenvalue weighted by Crippen LogP contribution is 2.36. The van der Waals surface area contributed by atoms with Gasteiger partial charge in [0.05, 0.1) is 29.6 Å². The van der Waals surface area contributed by atoms with Crippen LogP contribution in [-0.4, -0.2) is 52.6 Å². The Morgan fingerprint density at radius 1 is 1.26 bits per heavy atom. The quantitative estimate of drug-likeness (QED) is 0.627. The van der Waals surface area contributed by atoms with Crippen LogP contribution in [0.5, 0.6) is 0 Å². The van der Waals surface area contributed by atoms with Gasteiger partial charge in [-0.05, 0) is 55.0 Å². The first-order valence-electron chi connectivity index (χ1n) is 10.6. The Hall–Kier alpha value is -3.00. The molecule has 8 heteroatoms. The molecule has 31 heavy (non-hydrogen) atoms. The van der Waals surface area contributed by atoms with Crippen molar-refractivity contribution in [1.82, 2.24) is 14.8 Å². The predicted molar refractivity (Wildman–Crippen MR) is 116 cm³/mol. The summed E-state index contributed by atoms with van der Waals surface area (Å²) in [4.78, 5) is 19.2. The van der Waals surface area contributed by atoms with Gasteiger partial charge in [-0.1, -0.05) is 13.8 Å². The van der Waals surface area contributed by atoms with E-state index in [1.165, 1.54) is 19.2 Å². The molecule has 0 unspecified atom stereocenters. The van der Waals surface area contributed by atoms with Crippen LogP contribution in [0.4, 0.5) is 10.1 Å². The molecule has 0 amide bonds. The zero-order valence-corrected chi connectivity index (χ0v) is 18.0. The van der Waals surface area contributed by atoms with E-state index in [4.69, 9.17) is 9.84 Å². The lowest BCUT2D eigenvalue weighted by atomic mass is 9.96. The molecule has 1 aliphatic heterocycles. The molecule has 1 fully saturated rings. The van der Waals surface area contributed by atoms with E-state index in [0.717, 1.165) is 42.7 Å². The third-order valence-electron chi connectivity index (χ3n) is 5.87. The lowest BCUT2D eigenvalue weighted by molar-refractivity contribution is 0.0594. The van der Waals surface area contributed by atoms with E-state index in [-0.39, 0.29) is 24.0 Å². The molecule has 0 aliphatic carbocycles. The van der Waals surface area contributed by atoms with Crippen LogP contribution < -0.4 is 4.90 Å². The van der Waals surface area contributed by atoms with Gasteiger partial charge in [-0.15, -0.1) is 0 Å². The van der Waals surface area contributed by atoms with Crippen molar-refractivity contribution >= 4 is 22.7 Å². The molecule has 1 aliphatic rings. The van der Waals surface area contributed by atoms with E-state index >= 15 is 0 Å². The number of aromatic nitrogens is 3. The average Bonchev–Trinajstić information content (AvgIpc) is 3.18. The fraction of sp³-hybridized carbons (Fsp3) is 0.435. The highest BCUT2D eigenvalue weighted by molar-refractivity contribution is 5.99. The van der Waals surface area contributed by atoms with Crippen molar-refractivity contribution in [3.63, 3.8) is 0 Å². The van der Waals surface area contributed by atoms with Crippen LogP contribution in [0.3, 0.4) is 0 Å². The van der Waals surface area contributed by atoms with Gasteiger partial charge in [0.2, 0.25) is 0 Å². The molecule has 0 radical (unpaired) electrons. The Kier molecular flexibility index (Phi) is 5.91. The molecule has 1 N–H and O–H groups in total. The molecule has 0 saturated carbocycles. The van der Waals surface area contributed by atoms with Crippen molar-refractivity contribution in [3.05, 3.63) is 47.5 Å². The van der Waals surface area contributed by atoms with E-state index in [2.05, 4.69) is 23.7 Å². The molecule has 1 aromatic carbocycles. The van der Waals surface area contributed by atoms with Crippen LogP contribution in [0.1, 0.15) is 48.8 Å². The largest absolute Gasteiger partial charge is 0.464 e. The van der Waals surface area contributed by atoms with Gasteiger partial charge in [0.25, 0.3) is 0 Å². The molecule has 164 valence electrons. The Labute approximate surface area is 180 Å². The van der Waals surface area contributed by atoms with E-state index in [0.29, 0.717) is 17.3 Å². The molecule has 0 spiro atoms. The molecule has 4 rings (SSSR count). The summed E-state index contributed by atoms with van der Waals surface area (Å²) < 4.78 is 20.1. The summed E-state index contributed by atoms with van der Waals surface area (Å²) in [6, 6.07) is 7.82. The van der Waals surface area contributed by atoms with Crippen LogP contribution in [0.25, 0.3) is 16.7 Å². The van der Waals surface area contributed by atoms with Crippen molar-refractivity contribution in [2.45, 2.75) is 32.6 Å². The minimum Gasteiger partial charge on any atom is -0.464 e. The molecule has 7 nitrogen and oxygen atoms in total. The Morgan fingerprint density at radius 2 is 1.94 bits per heavy atom. The van der Waals surface area contributed by atoms with E-state index in [1.807, 2.05) is 0 Å². The predicted octanol–water partition coefficient (Wildman–Crippen LogP) is 3.68. The van der Waals surface area contributed by atoms with Crippen LogP contribution in [0.15, 0.2) is 30.3 Å². The van der Waals surface area contributed by atoms with Crippen molar-refractivity contribution < 1.29 is 19.0 Å². The first-order valence-corrected chi connectivity index (χ1v) is 10.6. The zero-order valence-electron chi connectivity index (χ0n) is 18.0. The SMILES string of the molecule is COC(=O)c1cc(N2CCC(CO)CC2)c2c(C(C)C)nn(-c3ccc(F)cc3)c2n1. The first kappa shape index (κ1) is 21.2. The molecular formula is C23H27FN4O3. The first-order chi connectivity index (χ1) is 14.9. The number of hydrogen-bond donors (Lipinski definition) is 1. The summed E-state index contributed by atoms with van der Waals surface area (Å²) in [5.74, 6) is -0.449. The maximum absolute atomic E-state index is 13.5. The number of aliphatic hydroxyl groups excluding tert-OH is 1. The highest BCUT2D eigenvalue weighted by atomic mass is 19.1. The number of esters is 1.